The van der Waals surface area contributed by atoms with Crippen molar-refractivity contribution in [2.75, 3.05) is 0 Å². The van der Waals surface area contributed by atoms with Gasteiger partial charge in [0.2, 0.25) is 0 Å². The fourth-order valence-electron chi connectivity index (χ4n) is 2.95. The van der Waals surface area contributed by atoms with Gasteiger partial charge in [0.1, 0.15) is 5.69 Å². The molecule has 4 rings (SSSR count). The van der Waals surface area contributed by atoms with E-state index in [-0.39, 0.29) is 0 Å². The lowest BCUT2D eigenvalue weighted by molar-refractivity contribution is 0.824. The third kappa shape index (κ3) is 2.37. The second-order valence-corrected chi connectivity index (χ2v) is 5.58. The van der Waals surface area contributed by atoms with E-state index in [1.54, 1.807) is 0 Å². The molecule has 0 saturated heterocycles. The highest BCUT2D eigenvalue weighted by Crippen LogP contribution is 2.28. The predicted molar refractivity (Wildman–Crippen MR) is 88.5 cm³/mol. The van der Waals surface area contributed by atoms with Gasteiger partial charge >= 0.3 is 0 Å². The molecule has 22 heavy (non-hydrogen) atoms. The summed E-state index contributed by atoms with van der Waals surface area (Å²) in [5.41, 5.74) is 3.28. The fraction of sp³-hybridized carbons (Fsp3) is 0.222. The average molecular weight is 290 g/mol. The quantitative estimate of drug-likeness (QED) is 0.708. The van der Waals surface area contributed by atoms with E-state index in [4.69, 9.17) is 4.99 Å². The molecule has 0 amide bonds. The van der Waals surface area contributed by atoms with Crippen molar-refractivity contribution in [3.05, 3.63) is 61.1 Å². The Morgan fingerprint density at radius 3 is 2.36 bits per heavy atom. The van der Waals surface area contributed by atoms with Crippen molar-refractivity contribution < 1.29 is 0 Å². The monoisotopic (exact) mass is 290 g/mol. The van der Waals surface area contributed by atoms with Gasteiger partial charge in [0.15, 0.2) is 5.82 Å². The Kier molecular flexibility index (Phi) is 3.35. The summed E-state index contributed by atoms with van der Waals surface area (Å²) < 4.78 is 4.03. The predicted octanol–water partition coefficient (Wildman–Crippen LogP) is 4.31. The number of para-hydroxylation sites is 1. The molecule has 0 radical (unpaired) electrons. The van der Waals surface area contributed by atoms with Crippen molar-refractivity contribution in [1.29, 1.82) is 0 Å². The summed E-state index contributed by atoms with van der Waals surface area (Å²) in [7, 11) is 0. The zero-order chi connectivity index (χ0) is 14.8. The number of rotatable bonds is 3. The number of hydrogen-bond acceptors (Lipinski definition) is 2. The highest BCUT2D eigenvalue weighted by atomic mass is 15.3. The molecule has 0 atom stereocenters. The van der Waals surface area contributed by atoms with E-state index in [1.807, 2.05) is 53.6 Å². The largest absolute Gasteiger partial charge is 0.307 e. The molecule has 1 aliphatic rings. The molecular weight excluding hydrogens is 272 g/mol. The van der Waals surface area contributed by atoms with E-state index < -0.39 is 0 Å². The molecule has 0 spiro atoms. The molecule has 1 aliphatic carbocycles. The van der Waals surface area contributed by atoms with Crippen molar-refractivity contribution in [1.82, 2.24) is 14.3 Å². The first kappa shape index (κ1) is 13.1. The van der Waals surface area contributed by atoms with E-state index in [9.17, 15) is 0 Å². The first-order chi connectivity index (χ1) is 10.9. The van der Waals surface area contributed by atoms with Crippen LogP contribution >= 0.6 is 0 Å². The number of aromatic nitrogens is 3. The molecule has 0 N–H and O–H groups in total. The summed E-state index contributed by atoms with van der Waals surface area (Å²) in [6.45, 7) is 0. The molecule has 4 heteroatoms. The van der Waals surface area contributed by atoms with Gasteiger partial charge in [0, 0.05) is 18.1 Å². The Morgan fingerprint density at radius 1 is 0.909 bits per heavy atom. The van der Waals surface area contributed by atoms with Crippen LogP contribution in [0.2, 0.25) is 0 Å². The summed E-state index contributed by atoms with van der Waals surface area (Å²) in [5, 5.41) is 4.57. The zero-order valence-electron chi connectivity index (χ0n) is 12.4. The molecule has 0 aliphatic heterocycles. The summed E-state index contributed by atoms with van der Waals surface area (Å²) >= 11 is 0. The van der Waals surface area contributed by atoms with Gasteiger partial charge in [-0.3, -0.25) is 4.99 Å². The normalized spacial score (nSPS) is 14.5. The summed E-state index contributed by atoms with van der Waals surface area (Å²) in [6, 6.07) is 14.2. The van der Waals surface area contributed by atoms with Crippen LogP contribution < -0.4 is 0 Å². The summed E-state index contributed by atoms with van der Waals surface area (Å²) in [5.74, 6) is 0.996. The maximum Gasteiger partial charge on any atom is 0.166 e. The van der Waals surface area contributed by atoms with Crippen LogP contribution in [0, 0.1) is 0 Å². The van der Waals surface area contributed by atoms with Crippen molar-refractivity contribution in [3.8, 4) is 11.5 Å². The van der Waals surface area contributed by atoms with Gasteiger partial charge in [0.05, 0.1) is 11.9 Å². The third-order valence-electron chi connectivity index (χ3n) is 4.03. The molecule has 0 bridgehead atoms. The molecule has 110 valence electrons. The smallest absolute Gasteiger partial charge is 0.166 e. The van der Waals surface area contributed by atoms with Crippen LogP contribution in [0.1, 0.15) is 25.7 Å². The van der Waals surface area contributed by atoms with Gasteiger partial charge in [0.25, 0.3) is 0 Å². The first-order valence-corrected chi connectivity index (χ1v) is 7.75. The van der Waals surface area contributed by atoms with Crippen molar-refractivity contribution in [3.63, 3.8) is 0 Å². The minimum atomic E-state index is 0.942. The Bertz CT molecular complexity index is 774. The highest BCUT2D eigenvalue weighted by Gasteiger charge is 2.15. The van der Waals surface area contributed by atoms with E-state index in [0.717, 1.165) is 30.0 Å². The molecule has 0 unspecified atom stereocenters. The minimum absolute atomic E-state index is 0.942. The lowest BCUT2D eigenvalue weighted by Crippen LogP contribution is -2.04. The average Bonchev–Trinajstić information content (AvgIpc) is 3.30. The van der Waals surface area contributed by atoms with Crippen LogP contribution in [-0.2, 0) is 0 Å². The maximum absolute atomic E-state index is 4.87. The molecule has 1 saturated carbocycles. The van der Waals surface area contributed by atoms with Crippen LogP contribution in [0.3, 0.4) is 0 Å². The van der Waals surface area contributed by atoms with Crippen molar-refractivity contribution in [2.45, 2.75) is 25.7 Å². The maximum atomic E-state index is 4.87. The van der Waals surface area contributed by atoms with Crippen molar-refractivity contribution in [2.24, 2.45) is 4.99 Å². The molecule has 2 aromatic heterocycles. The summed E-state index contributed by atoms with van der Waals surface area (Å²) in [6.07, 6.45) is 10.7. The van der Waals surface area contributed by atoms with Gasteiger partial charge in [-0.25, -0.2) is 4.68 Å². The van der Waals surface area contributed by atoms with E-state index in [0.29, 0.717) is 0 Å². The molecule has 2 heterocycles. The zero-order valence-corrected chi connectivity index (χ0v) is 12.4. The highest BCUT2D eigenvalue weighted by molar-refractivity contribution is 5.89. The van der Waals surface area contributed by atoms with Gasteiger partial charge in [-0.2, -0.15) is 5.10 Å². The third-order valence-corrected chi connectivity index (χ3v) is 4.03. The molecular formula is C18H18N4. The second kappa shape index (κ2) is 5.64. The van der Waals surface area contributed by atoms with Crippen LogP contribution in [0.25, 0.3) is 11.5 Å². The van der Waals surface area contributed by atoms with E-state index in [2.05, 4.69) is 21.8 Å². The van der Waals surface area contributed by atoms with Crippen LogP contribution in [0.5, 0.6) is 0 Å². The Balaban J connectivity index is 1.86. The second-order valence-electron chi connectivity index (χ2n) is 5.58. The Morgan fingerprint density at radius 2 is 1.64 bits per heavy atom. The number of aliphatic imine (C=N–C) groups is 1. The lowest BCUT2D eigenvalue weighted by atomic mass is 10.3. The molecule has 1 aromatic carbocycles. The van der Waals surface area contributed by atoms with Crippen LogP contribution in [-0.4, -0.2) is 20.1 Å². The molecule has 4 nitrogen and oxygen atoms in total. The van der Waals surface area contributed by atoms with Gasteiger partial charge in [-0.05, 0) is 49.9 Å². The van der Waals surface area contributed by atoms with Gasteiger partial charge < -0.3 is 4.57 Å². The van der Waals surface area contributed by atoms with E-state index >= 15 is 0 Å². The van der Waals surface area contributed by atoms with E-state index in [1.165, 1.54) is 18.6 Å². The lowest BCUT2D eigenvalue weighted by Gasteiger charge is -2.09. The van der Waals surface area contributed by atoms with Crippen molar-refractivity contribution >= 4 is 11.4 Å². The Hall–Kier alpha value is -2.62. The summed E-state index contributed by atoms with van der Waals surface area (Å²) in [4.78, 5) is 4.87. The Labute approximate surface area is 129 Å². The SMILES string of the molecule is c1ccc(-n2ncc(N=C3CCCC3)c2-n2cccc2)cc1. The fourth-order valence-corrected chi connectivity index (χ4v) is 2.95. The number of nitrogens with zero attached hydrogens (tertiary/aromatic N) is 4. The number of benzene rings is 1. The molecule has 1 fully saturated rings. The van der Waals surface area contributed by atoms with Gasteiger partial charge in [-0.15, -0.1) is 0 Å². The molecule has 3 aromatic rings. The van der Waals surface area contributed by atoms with Gasteiger partial charge in [-0.1, -0.05) is 18.2 Å². The first-order valence-electron chi connectivity index (χ1n) is 7.75. The van der Waals surface area contributed by atoms with Crippen LogP contribution in [0.15, 0.2) is 66.0 Å². The minimum Gasteiger partial charge on any atom is -0.307 e. The van der Waals surface area contributed by atoms with Crippen LogP contribution in [0.4, 0.5) is 5.69 Å². The topological polar surface area (TPSA) is 35.1 Å². The number of hydrogen-bond donors (Lipinski definition) is 0. The standard InChI is InChI=1S/C18H18N4/c1-2-10-16(11-3-1)22-18(21-12-6-7-13-21)17(14-19-22)20-15-8-4-5-9-15/h1-3,6-7,10-14H,4-5,8-9H2.